The molecule has 0 aromatic carbocycles. The zero-order valence-electron chi connectivity index (χ0n) is 14.2. The minimum atomic E-state index is 0.697. The molecular formula is C19H33N3. The lowest BCUT2D eigenvalue weighted by atomic mass is 9.89. The molecule has 0 heterocycles. The molecule has 0 saturated carbocycles. The number of hydrogen-bond acceptors (Lipinski definition) is 3. The van der Waals surface area contributed by atoms with Gasteiger partial charge in [-0.1, -0.05) is 57.8 Å². The van der Waals surface area contributed by atoms with Crippen LogP contribution in [0.4, 0.5) is 0 Å². The molecule has 0 aromatic rings. The minimum absolute atomic E-state index is 0.697. The minimum Gasteiger partial charge on any atom is -0.313 e. The topological polar surface area (TPSA) is 71.4 Å². The predicted octanol–water partition coefficient (Wildman–Crippen LogP) is 6.15. The Morgan fingerprint density at radius 3 is 1.55 bits per heavy atom. The van der Waals surface area contributed by atoms with E-state index >= 15 is 0 Å². The second kappa shape index (κ2) is 17.7. The summed E-state index contributed by atoms with van der Waals surface area (Å²) in [5.41, 5.74) is 0. The van der Waals surface area contributed by atoms with Gasteiger partial charge in [-0.05, 0) is 37.8 Å². The third-order valence-electron chi connectivity index (χ3n) is 4.26. The average molecular weight is 303 g/mol. The highest BCUT2D eigenvalue weighted by atomic mass is 14.3. The maximum absolute atomic E-state index is 8.56. The fourth-order valence-electron chi connectivity index (χ4n) is 2.92. The Balaban J connectivity index is 3.79. The SMILES string of the molecule is N#CCCCCCC(CCCCCC#N)CCCCCC=N. The van der Waals surface area contributed by atoms with E-state index in [-0.39, 0.29) is 0 Å². The monoisotopic (exact) mass is 303 g/mol. The van der Waals surface area contributed by atoms with E-state index in [0.717, 1.165) is 31.6 Å². The third-order valence-corrected chi connectivity index (χ3v) is 4.26. The van der Waals surface area contributed by atoms with Crippen LogP contribution in [0.15, 0.2) is 0 Å². The van der Waals surface area contributed by atoms with Gasteiger partial charge in [-0.2, -0.15) is 10.5 Å². The summed E-state index contributed by atoms with van der Waals surface area (Å²) in [6.45, 7) is 0. The van der Waals surface area contributed by atoms with Gasteiger partial charge in [-0.3, -0.25) is 0 Å². The highest BCUT2D eigenvalue weighted by Gasteiger charge is 2.08. The van der Waals surface area contributed by atoms with Crippen molar-refractivity contribution in [3.63, 3.8) is 0 Å². The molecule has 0 radical (unpaired) electrons. The van der Waals surface area contributed by atoms with Gasteiger partial charge >= 0.3 is 0 Å². The smallest absolute Gasteiger partial charge is 0.0621 e. The van der Waals surface area contributed by atoms with Gasteiger partial charge in [-0.25, -0.2) is 0 Å². The van der Waals surface area contributed by atoms with E-state index in [2.05, 4.69) is 12.1 Å². The number of hydrogen-bond donors (Lipinski definition) is 1. The fraction of sp³-hybridized carbons (Fsp3) is 0.842. The zero-order chi connectivity index (χ0) is 16.3. The van der Waals surface area contributed by atoms with Crippen LogP contribution < -0.4 is 0 Å². The highest BCUT2D eigenvalue weighted by Crippen LogP contribution is 2.24. The number of nitrogens with one attached hydrogen (secondary N) is 1. The normalized spacial score (nSPS) is 10.3. The molecule has 3 nitrogen and oxygen atoms in total. The summed E-state index contributed by atoms with van der Waals surface area (Å²) in [7, 11) is 0. The van der Waals surface area contributed by atoms with E-state index in [0.29, 0.717) is 12.8 Å². The van der Waals surface area contributed by atoms with E-state index < -0.39 is 0 Å². The van der Waals surface area contributed by atoms with Gasteiger partial charge in [0, 0.05) is 12.8 Å². The number of unbranched alkanes of at least 4 members (excludes halogenated alkanes) is 9. The Kier molecular flexibility index (Phi) is 16.6. The number of nitriles is 2. The number of nitrogens with zero attached hydrogens (tertiary/aromatic N) is 2. The lowest BCUT2D eigenvalue weighted by Crippen LogP contribution is -2.01. The van der Waals surface area contributed by atoms with Gasteiger partial charge in [0.1, 0.15) is 0 Å². The van der Waals surface area contributed by atoms with E-state index in [4.69, 9.17) is 15.9 Å². The highest BCUT2D eigenvalue weighted by molar-refractivity contribution is 5.52. The molecule has 0 unspecified atom stereocenters. The van der Waals surface area contributed by atoms with E-state index in [1.54, 1.807) is 0 Å². The quantitative estimate of drug-likeness (QED) is 0.274. The van der Waals surface area contributed by atoms with Crippen LogP contribution in [0.1, 0.15) is 96.3 Å². The summed E-state index contributed by atoms with van der Waals surface area (Å²) in [6, 6.07) is 4.44. The summed E-state index contributed by atoms with van der Waals surface area (Å²) < 4.78 is 0. The first-order valence-corrected chi connectivity index (χ1v) is 9.08. The van der Waals surface area contributed by atoms with Gasteiger partial charge in [0.15, 0.2) is 0 Å². The molecule has 0 atom stereocenters. The molecular weight excluding hydrogens is 270 g/mol. The second-order valence-electron chi connectivity index (χ2n) is 6.22. The molecule has 3 heteroatoms. The van der Waals surface area contributed by atoms with Crippen molar-refractivity contribution in [2.24, 2.45) is 5.92 Å². The van der Waals surface area contributed by atoms with Crippen molar-refractivity contribution in [3.05, 3.63) is 0 Å². The summed E-state index contributed by atoms with van der Waals surface area (Å²) in [5, 5.41) is 24.2. The molecule has 0 aromatic heterocycles. The summed E-state index contributed by atoms with van der Waals surface area (Å²) in [6.07, 6.45) is 18.4. The Morgan fingerprint density at radius 2 is 1.14 bits per heavy atom. The average Bonchev–Trinajstić information content (AvgIpc) is 2.53. The Hall–Kier alpha value is -1.35. The maximum atomic E-state index is 8.56. The fourth-order valence-corrected chi connectivity index (χ4v) is 2.92. The first kappa shape index (κ1) is 20.6. The lowest BCUT2D eigenvalue weighted by Gasteiger charge is -2.16. The van der Waals surface area contributed by atoms with Crippen LogP contribution >= 0.6 is 0 Å². The largest absolute Gasteiger partial charge is 0.313 e. The molecule has 0 rings (SSSR count). The number of rotatable bonds is 16. The molecule has 0 aliphatic rings. The van der Waals surface area contributed by atoms with Crippen LogP contribution in [-0.4, -0.2) is 6.21 Å². The van der Waals surface area contributed by atoms with Crippen molar-refractivity contribution < 1.29 is 0 Å². The maximum Gasteiger partial charge on any atom is 0.0621 e. The Labute approximate surface area is 137 Å². The molecule has 0 spiro atoms. The molecule has 0 aliphatic carbocycles. The molecule has 0 fully saturated rings. The lowest BCUT2D eigenvalue weighted by molar-refractivity contribution is 0.370. The molecule has 124 valence electrons. The molecule has 0 bridgehead atoms. The van der Waals surface area contributed by atoms with Crippen molar-refractivity contribution in [2.45, 2.75) is 96.3 Å². The summed E-state index contributed by atoms with van der Waals surface area (Å²) in [5.74, 6) is 0.823. The van der Waals surface area contributed by atoms with Crippen molar-refractivity contribution >= 4 is 6.21 Å². The van der Waals surface area contributed by atoms with E-state index in [1.165, 1.54) is 64.0 Å². The molecule has 1 N–H and O–H groups in total. The standard InChI is InChI=1S/C19H33N3/c20-16-10-4-1-7-13-19(14-8-2-5-11-17-21)15-9-3-6-12-18-22/h16,19-20H,1-15H2. The van der Waals surface area contributed by atoms with Crippen LogP contribution in [0.5, 0.6) is 0 Å². The van der Waals surface area contributed by atoms with Crippen LogP contribution in [0, 0.1) is 34.0 Å². The van der Waals surface area contributed by atoms with Gasteiger partial charge in [0.2, 0.25) is 0 Å². The van der Waals surface area contributed by atoms with Gasteiger partial charge in [0.25, 0.3) is 0 Å². The Bertz CT molecular complexity index is 301. The van der Waals surface area contributed by atoms with Crippen molar-refractivity contribution in [1.82, 2.24) is 0 Å². The van der Waals surface area contributed by atoms with Crippen molar-refractivity contribution in [3.8, 4) is 12.1 Å². The van der Waals surface area contributed by atoms with Crippen LogP contribution in [-0.2, 0) is 0 Å². The van der Waals surface area contributed by atoms with Gasteiger partial charge in [0.05, 0.1) is 12.1 Å². The third kappa shape index (κ3) is 15.0. The Morgan fingerprint density at radius 1 is 0.682 bits per heavy atom. The summed E-state index contributed by atoms with van der Waals surface area (Å²) >= 11 is 0. The van der Waals surface area contributed by atoms with E-state index in [9.17, 15) is 0 Å². The van der Waals surface area contributed by atoms with Crippen LogP contribution in [0.25, 0.3) is 0 Å². The molecule has 0 aliphatic heterocycles. The van der Waals surface area contributed by atoms with E-state index in [1.807, 2.05) is 0 Å². The first-order chi connectivity index (χ1) is 10.8. The second-order valence-corrected chi connectivity index (χ2v) is 6.22. The van der Waals surface area contributed by atoms with Gasteiger partial charge < -0.3 is 5.41 Å². The summed E-state index contributed by atoms with van der Waals surface area (Å²) in [4.78, 5) is 0. The molecule has 22 heavy (non-hydrogen) atoms. The molecule has 0 amide bonds. The van der Waals surface area contributed by atoms with Crippen LogP contribution in [0.2, 0.25) is 0 Å². The van der Waals surface area contributed by atoms with Crippen LogP contribution in [0.3, 0.4) is 0 Å². The van der Waals surface area contributed by atoms with Crippen molar-refractivity contribution in [2.75, 3.05) is 0 Å². The zero-order valence-corrected chi connectivity index (χ0v) is 14.2. The van der Waals surface area contributed by atoms with Gasteiger partial charge in [-0.15, -0.1) is 0 Å². The molecule has 0 saturated heterocycles. The predicted molar refractivity (Wildman–Crippen MR) is 92.8 cm³/mol. The first-order valence-electron chi connectivity index (χ1n) is 9.08. The van der Waals surface area contributed by atoms with Crippen molar-refractivity contribution in [1.29, 1.82) is 15.9 Å².